The Morgan fingerprint density at radius 3 is 2.35 bits per heavy atom. The molecule has 1 aromatic carbocycles. The van der Waals surface area contributed by atoms with Gasteiger partial charge in [0.05, 0.1) is 5.56 Å². The molecule has 1 aliphatic carbocycles. The van der Waals surface area contributed by atoms with Crippen LogP contribution in [0.4, 0.5) is 17.2 Å². The molecule has 26 heavy (non-hydrogen) atoms. The molecule has 2 aromatic rings. The first-order chi connectivity index (χ1) is 12.7. The molecule has 0 radical (unpaired) electrons. The fraction of sp³-hybridized carbons (Fsp3) is 0.429. The predicted octanol–water partition coefficient (Wildman–Crippen LogP) is 4.34. The quantitative estimate of drug-likeness (QED) is 0.778. The number of aromatic nitrogens is 1. The van der Waals surface area contributed by atoms with Crippen molar-refractivity contribution in [1.29, 1.82) is 0 Å². The van der Waals surface area contributed by atoms with Crippen molar-refractivity contribution < 1.29 is 4.79 Å². The van der Waals surface area contributed by atoms with Crippen molar-refractivity contribution in [3.05, 3.63) is 48.2 Å². The fourth-order valence-corrected chi connectivity index (χ4v) is 3.43. The van der Waals surface area contributed by atoms with E-state index in [-0.39, 0.29) is 5.91 Å². The second-order valence-corrected chi connectivity index (χ2v) is 6.73. The van der Waals surface area contributed by atoms with E-state index in [4.69, 9.17) is 0 Å². The summed E-state index contributed by atoms with van der Waals surface area (Å²) in [6.45, 7) is 6.30. The number of nitrogens with zero attached hydrogens (tertiary/aromatic N) is 2. The average Bonchev–Trinajstić information content (AvgIpc) is 3.18. The highest BCUT2D eigenvalue weighted by molar-refractivity contribution is 5.94. The minimum absolute atomic E-state index is 0.0282. The highest BCUT2D eigenvalue weighted by Gasteiger charge is 2.18. The van der Waals surface area contributed by atoms with Gasteiger partial charge in [-0.05, 0) is 63.1 Å². The van der Waals surface area contributed by atoms with E-state index in [0.29, 0.717) is 11.6 Å². The Labute approximate surface area is 155 Å². The molecule has 0 unspecified atom stereocenters. The molecule has 1 heterocycles. The maximum atomic E-state index is 12.3. The number of pyridine rings is 1. The summed E-state index contributed by atoms with van der Waals surface area (Å²) in [5.74, 6) is 0.706. The van der Waals surface area contributed by atoms with E-state index in [0.717, 1.165) is 37.4 Å². The molecule has 0 bridgehead atoms. The summed E-state index contributed by atoms with van der Waals surface area (Å²) in [6, 6.07) is 12.3. The first kappa shape index (κ1) is 18.2. The van der Waals surface area contributed by atoms with Gasteiger partial charge in [0.1, 0.15) is 5.82 Å². The third kappa shape index (κ3) is 4.54. The van der Waals surface area contributed by atoms with Gasteiger partial charge in [-0.3, -0.25) is 4.79 Å². The largest absolute Gasteiger partial charge is 0.372 e. The number of hydrogen-bond donors (Lipinski definition) is 2. The first-order valence-electron chi connectivity index (χ1n) is 9.58. The molecule has 138 valence electrons. The van der Waals surface area contributed by atoms with Crippen LogP contribution in [0.5, 0.6) is 0 Å². The zero-order chi connectivity index (χ0) is 18.4. The topological polar surface area (TPSA) is 57.3 Å². The van der Waals surface area contributed by atoms with E-state index in [2.05, 4.69) is 58.6 Å². The van der Waals surface area contributed by atoms with Crippen molar-refractivity contribution in [1.82, 2.24) is 10.3 Å². The van der Waals surface area contributed by atoms with E-state index in [1.54, 1.807) is 6.20 Å². The second kappa shape index (κ2) is 8.70. The van der Waals surface area contributed by atoms with Crippen LogP contribution in [-0.4, -0.2) is 30.0 Å². The van der Waals surface area contributed by atoms with E-state index in [9.17, 15) is 4.79 Å². The van der Waals surface area contributed by atoms with Gasteiger partial charge in [-0.1, -0.05) is 12.8 Å². The zero-order valence-electron chi connectivity index (χ0n) is 15.7. The van der Waals surface area contributed by atoms with Gasteiger partial charge in [-0.25, -0.2) is 4.98 Å². The van der Waals surface area contributed by atoms with Gasteiger partial charge in [0, 0.05) is 36.7 Å². The van der Waals surface area contributed by atoms with Crippen LogP contribution in [0.2, 0.25) is 0 Å². The molecule has 2 N–H and O–H groups in total. The summed E-state index contributed by atoms with van der Waals surface area (Å²) >= 11 is 0. The van der Waals surface area contributed by atoms with Gasteiger partial charge < -0.3 is 15.5 Å². The Bertz CT molecular complexity index is 702. The Kier molecular flexibility index (Phi) is 6.10. The zero-order valence-corrected chi connectivity index (χ0v) is 15.7. The minimum atomic E-state index is -0.0282. The minimum Gasteiger partial charge on any atom is -0.372 e. The Morgan fingerprint density at radius 1 is 1.08 bits per heavy atom. The van der Waals surface area contributed by atoms with Gasteiger partial charge in [-0.2, -0.15) is 0 Å². The predicted molar refractivity (Wildman–Crippen MR) is 107 cm³/mol. The van der Waals surface area contributed by atoms with Crippen LogP contribution in [-0.2, 0) is 0 Å². The maximum absolute atomic E-state index is 12.3. The van der Waals surface area contributed by atoms with Crippen molar-refractivity contribution in [2.45, 2.75) is 45.6 Å². The van der Waals surface area contributed by atoms with E-state index in [1.165, 1.54) is 18.5 Å². The van der Waals surface area contributed by atoms with E-state index >= 15 is 0 Å². The van der Waals surface area contributed by atoms with Gasteiger partial charge in [-0.15, -0.1) is 0 Å². The van der Waals surface area contributed by atoms with Crippen molar-refractivity contribution in [2.75, 3.05) is 23.3 Å². The van der Waals surface area contributed by atoms with Crippen LogP contribution in [0.15, 0.2) is 42.6 Å². The summed E-state index contributed by atoms with van der Waals surface area (Å²) in [5, 5.41) is 6.37. The van der Waals surface area contributed by atoms with Crippen LogP contribution in [0, 0.1) is 0 Å². The van der Waals surface area contributed by atoms with Crippen LogP contribution in [0.1, 0.15) is 49.9 Å². The number of hydrogen-bond acceptors (Lipinski definition) is 4. The number of rotatable bonds is 7. The monoisotopic (exact) mass is 352 g/mol. The lowest BCUT2D eigenvalue weighted by molar-refractivity contribution is 0.0937. The van der Waals surface area contributed by atoms with Crippen molar-refractivity contribution in [3.63, 3.8) is 0 Å². The van der Waals surface area contributed by atoms with Gasteiger partial charge in [0.25, 0.3) is 5.91 Å². The molecule has 0 aliphatic heterocycles. The van der Waals surface area contributed by atoms with Crippen LogP contribution in [0.3, 0.4) is 0 Å². The normalized spacial score (nSPS) is 14.2. The molecular weight excluding hydrogens is 324 g/mol. The molecular formula is C21H28N4O. The molecule has 5 nitrogen and oxygen atoms in total. The summed E-state index contributed by atoms with van der Waals surface area (Å²) in [5.41, 5.74) is 2.81. The molecule has 5 heteroatoms. The van der Waals surface area contributed by atoms with Crippen molar-refractivity contribution in [2.24, 2.45) is 0 Å². The molecule has 1 aliphatic rings. The highest BCUT2D eigenvalue weighted by Crippen LogP contribution is 2.21. The van der Waals surface area contributed by atoms with Gasteiger partial charge in [0.15, 0.2) is 0 Å². The Morgan fingerprint density at radius 2 is 1.77 bits per heavy atom. The van der Waals surface area contributed by atoms with Crippen LogP contribution < -0.4 is 15.5 Å². The summed E-state index contributed by atoms with van der Waals surface area (Å²) in [4.78, 5) is 18.9. The number of benzene rings is 1. The number of nitrogens with one attached hydrogen (secondary N) is 2. The Balaban J connectivity index is 1.59. The lowest BCUT2D eigenvalue weighted by atomic mass is 10.2. The number of amides is 1. The molecule has 1 saturated carbocycles. The molecule has 0 saturated heterocycles. The summed E-state index contributed by atoms with van der Waals surface area (Å²) < 4.78 is 0. The smallest absolute Gasteiger partial charge is 0.253 e. The molecule has 0 spiro atoms. The second-order valence-electron chi connectivity index (χ2n) is 6.73. The first-order valence-corrected chi connectivity index (χ1v) is 9.58. The Hall–Kier alpha value is -2.56. The molecule has 3 rings (SSSR count). The fourth-order valence-electron chi connectivity index (χ4n) is 3.43. The number of carbonyl (C=O) groups excluding carboxylic acids is 1. The number of anilines is 3. The third-order valence-electron chi connectivity index (χ3n) is 4.98. The summed E-state index contributed by atoms with van der Waals surface area (Å²) in [6.07, 6.45) is 6.22. The average molecular weight is 352 g/mol. The van der Waals surface area contributed by atoms with Crippen molar-refractivity contribution >= 4 is 23.1 Å². The lowest BCUT2D eigenvalue weighted by Crippen LogP contribution is -2.32. The summed E-state index contributed by atoms with van der Waals surface area (Å²) in [7, 11) is 0. The maximum Gasteiger partial charge on any atom is 0.253 e. The standard InChI is InChI=1S/C21H28N4O/c1-3-25(4-2)19-12-10-18(11-13-19)23-20-14-9-16(15-22-20)21(26)24-17-7-5-6-8-17/h9-15,17H,3-8H2,1-2H3,(H,22,23)(H,24,26). The van der Waals surface area contributed by atoms with Crippen molar-refractivity contribution in [3.8, 4) is 0 Å². The molecule has 1 amide bonds. The molecule has 1 aromatic heterocycles. The van der Waals surface area contributed by atoms with E-state index in [1.807, 2.05) is 12.1 Å². The van der Waals surface area contributed by atoms with Crippen LogP contribution >= 0.6 is 0 Å². The van der Waals surface area contributed by atoms with Gasteiger partial charge in [0.2, 0.25) is 0 Å². The number of carbonyl (C=O) groups is 1. The highest BCUT2D eigenvalue weighted by atomic mass is 16.1. The lowest BCUT2D eigenvalue weighted by Gasteiger charge is -2.21. The molecule has 1 fully saturated rings. The van der Waals surface area contributed by atoms with Crippen LogP contribution in [0.25, 0.3) is 0 Å². The van der Waals surface area contributed by atoms with E-state index < -0.39 is 0 Å². The molecule has 0 atom stereocenters. The SMILES string of the molecule is CCN(CC)c1ccc(Nc2ccc(C(=O)NC3CCCC3)cn2)cc1. The van der Waals surface area contributed by atoms with Gasteiger partial charge >= 0.3 is 0 Å². The third-order valence-corrected chi connectivity index (χ3v) is 4.98.